The summed E-state index contributed by atoms with van der Waals surface area (Å²) in [5.74, 6) is 1.62. The molecule has 1 saturated heterocycles. The molecule has 2 rings (SSSR count). The molecule has 0 aliphatic carbocycles. The lowest BCUT2D eigenvalue weighted by molar-refractivity contribution is -0.127. The zero-order valence-corrected chi connectivity index (χ0v) is 10.4. The number of amides is 1. The molecule has 1 heterocycles. The molecule has 1 fully saturated rings. The van der Waals surface area contributed by atoms with Crippen LogP contribution in [0, 0.1) is 0 Å². The molecule has 1 aromatic carbocycles. The number of methoxy groups -OCH3 is 2. The maximum Gasteiger partial charge on any atom is 0.222 e. The highest BCUT2D eigenvalue weighted by Crippen LogP contribution is 2.36. The molecule has 0 saturated carbocycles. The fourth-order valence-electron chi connectivity index (χ4n) is 2.25. The second-order valence-corrected chi connectivity index (χ2v) is 4.17. The maximum atomic E-state index is 11.5. The molecule has 4 nitrogen and oxygen atoms in total. The molecule has 0 spiro atoms. The number of likely N-dealkylation sites (tertiary alicyclic amines) is 1. The van der Waals surface area contributed by atoms with Crippen LogP contribution in [0.5, 0.6) is 11.5 Å². The highest BCUT2D eigenvalue weighted by Gasteiger charge is 2.29. The predicted molar refractivity (Wildman–Crippen MR) is 64.3 cm³/mol. The maximum absolute atomic E-state index is 11.5. The first-order chi connectivity index (χ1) is 8.17. The summed E-state index contributed by atoms with van der Waals surface area (Å²) in [5.41, 5.74) is 1.09. The topological polar surface area (TPSA) is 38.8 Å². The Balaban J connectivity index is 2.31. The summed E-state index contributed by atoms with van der Waals surface area (Å²) < 4.78 is 10.5. The number of nitrogens with zero attached hydrogens (tertiary/aromatic N) is 1. The van der Waals surface area contributed by atoms with Crippen molar-refractivity contribution in [2.45, 2.75) is 18.9 Å². The molecule has 0 radical (unpaired) electrons. The summed E-state index contributed by atoms with van der Waals surface area (Å²) in [5, 5.41) is 0. The largest absolute Gasteiger partial charge is 0.493 e. The van der Waals surface area contributed by atoms with Gasteiger partial charge in [-0.05, 0) is 24.1 Å². The Labute approximate surface area is 101 Å². The van der Waals surface area contributed by atoms with Crippen LogP contribution in [0.2, 0.25) is 0 Å². The van der Waals surface area contributed by atoms with E-state index in [4.69, 9.17) is 9.47 Å². The van der Waals surface area contributed by atoms with Gasteiger partial charge in [-0.3, -0.25) is 4.79 Å². The van der Waals surface area contributed by atoms with Crippen LogP contribution in [0.15, 0.2) is 18.2 Å². The van der Waals surface area contributed by atoms with Gasteiger partial charge in [-0.1, -0.05) is 6.07 Å². The number of hydrogen-bond donors (Lipinski definition) is 0. The van der Waals surface area contributed by atoms with E-state index in [0.717, 1.165) is 12.0 Å². The van der Waals surface area contributed by atoms with Crippen LogP contribution in [0.25, 0.3) is 0 Å². The van der Waals surface area contributed by atoms with E-state index < -0.39 is 0 Å². The molecule has 1 aliphatic rings. The van der Waals surface area contributed by atoms with E-state index in [1.54, 1.807) is 19.1 Å². The molecule has 17 heavy (non-hydrogen) atoms. The van der Waals surface area contributed by atoms with Gasteiger partial charge in [-0.2, -0.15) is 0 Å². The average molecular weight is 235 g/mol. The van der Waals surface area contributed by atoms with E-state index in [2.05, 4.69) is 0 Å². The van der Waals surface area contributed by atoms with Crippen LogP contribution in [0.4, 0.5) is 0 Å². The van der Waals surface area contributed by atoms with Crippen molar-refractivity contribution < 1.29 is 14.3 Å². The number of carbonyl (C=O) groups excluding carboxylic acids is 1. The fraction of sp³-hybridized carbons (Fsp3) is 0.462. The molecule has 0 bridgehead atoms. The zero-order valence-electron chi connectivity index (χ0n) is 10.4. The lowest BCUT2D eigenvalue weighted by Crippen LogP contribution is -2.22. The molecular formula is C13H17NO3. The number of benzene rings is 1. The Morgan fingerprint density at radius 2 is 1.94 bits per heavy atom. The lowest BCUT2D eigenvalue weighted by Gasteiger charge is -2.21. The minimum Gasteiger partial charge on any atom is -0.493 e. The van der Waals surface area contributed by atoms with Gasteiger partial charge in [0, 0.05) is 13.5 Å². The van der Waals surface area contributed by atoms with Crippen molar-refractivity contribution in [3.63, 3.8) is 0 Å². The molecule has 92 valence electrons. The molecule has 1 atom stereocenters. The molecule has 1 unspecified atom stereocenters. The van der Waals surface area contributed by atoms with E-state index in [1.165, 1.54) is 0 Å². The summed E-state index contributed by atoms with van der Waals surface area (Å²) >= 11 is 0. The molecule has 0 N–H and O–H groups in total. The van der Waals surface area contributed by atoms with Gasteiger partial charge in [0.2, 0.25) is 5.91 Å². The Kier molecular flexibility index (Phi) is 3.22. The second-order valence-electron chi connectivity index (χ2n) is 4.17. The average Bonchev–Trinajstić information content (AvgIpc) is 2.69. The van der Waals surface area contributed by atoms with E-state index >= 15 is 0 Å². The standard InChI is InChI=1S/C13H17NO3/c1-14-10(5-7-13(14)15)9-4-6-11(16-2)12(8-9)17-3/h4,6,8,10H,5,7H2,1-3H3. The van der Waals surface area contributed by atoms with E-state index in [1.807, 2.05) is 25.2 Å². The smallest absolute Gasteiger partial charge is 0.222 e. The number of ether oxygens (including phenoxy) is 2. The number of rotatable bonds is 3. The van der Waals surface area contributed by atoms with Crippen molar-refractivity contribution in [3.8, 4) is 11.5 Å². The quantitative estimate of drug-likeness (QED) is 0.804. The van der Waals surface area contributed by atoms with Crippen LogP contribution in [0.1, 0.15) is 24.4 Å². The third kappa shape index (κ3) is 2.07. The van der Waals surface area contributed by atoms with Crippen molar-refractivity contribution in [1.29, 1.82) is 0 Å². The minimum absolute atomic E-state index is 0.155. The van der Waals surface area contributed by atoms with Crippen molar-refractivity contribution in [2.75, 3.05) is 21.3 Å². The Morgan fingerprint density at radius 1 is 1.24 bits per heavy atom. The monoisotopic (exact) mass is 235 g/mol. The Hall–Kier alpha value is -1.71. The van der Waals surface area contributed by atoms with Crippen LogP contribution in [-0.4, -0.2) is 32.1 Å². The van der Waals surface area contributed by atoms with Gasteiger partial charge in [0.1, 0.15) is 0 Å². The van der Waals surface area contributed by atoms with Crippen LogP contribution in [0.3, 0.4) is 0 Å². The second kappa shape index (κ2) is 4.65. The van der Waals surface area contributed by atoms with Crippen molar-refractivity contribution >= 4 is 5.91 Å². The number of hydrogen-bond acceptors (Lipinski definition) is 3. The van der Waals surface area contributed by atoms with Crippen LogP contribution < -0.4 is 9.47 Å². The van der Waals surface area contributed by atoms with Gasteiger partial charge >= 0.3 is 0 Å². The van der Waals surface area contributed by atoms with Gasteiger partial charge in [0.25, 0.3) is 0 Å². The summed E-state index contributed by atoms with van der Waals surface area (Å²) in [4.78, 5) is 13.3. The van der Waals surface area contributed by atoms with Crippen molar-refractivity contribution in [2.24, 2.45) is 0 Å². The third-order valence-electron chi connectivity index (χ3n) is 3.28. The molecule has 1 aromatic rings. The van der Waals surface area contributed by atoms with Gasteiger partial charge in [0.05, 0.1) is 20.3 Å². The lowest BCUT2D eigenvalue weighted by atomic mass is 10.0. The molecule has 0 aromatic heterocycles. The first kappa shape index (κ1) is 11.8. The van der Waals surface area contributed by atoms with Gasteiger partial charge < -0.3 is 14.4 Å². The Morgan fingerprint density at radius 3 is 2.47 bits per heavy atom. The summed E-state index contributed by atoms with van der Waals surface area (Å²) in [7, 11) is 5.07. The van der Waals surface area contributed by atoms with Crippen LogP contribution >= 0.6 is 0 Å². The van der Waals surface area contributed by atoms with E-state index in [0.29, 0.717) is 17.9 Å². The van der Waals surface area contributed by atoms with Crippen LogP contribution in [-0.2, 0) is 4.79 Å². The molecular weight excluding hydrogens is 218 g/mol. The summed E-state index contributed by atoms with van der Waals surface area (Å²) in [6.07, 6.45) is 1.49. The van der Waals surface area contributed by atoms with Gasteiger partial charge in [-0.15, -0.1) is 0 Å². The summed E-state index contributed by atoms with van der Waals surface area (Å²) in [6, 6.07) is 5.96. The van der Waals surface area contributed by atoms with Crippen molar-refractivity contribution in [3.05, 3.63) is 23.8 Å². The Bertz CT molecular complexity index is 431. The van der Waals surface area contributed by atoms with Gasteiger partial charge in [0.15, 0.2) is 11.5 Å². The predicted octanol–water partition coefficient (Wildman–Crippen LogP) is 2.00. The first-order valence-electron chi connectivity index (χ1n) is 5.65. The first-order valence-corrected chi connectivity index (χ1v) is 5.65. The molecule has 1 amide bonds. The number of carbonyl (C=O) groups is 1. The zero-order chi connectivity index (χ0) is 12.4. The minimum atomic E-state index is 0.155. The molecule has 4 heteroatoms. The normalized spacial score (nSPS) is 19.6. The highest BCUT2D eigenvalue weighted by molar-refractivity contribution is 5.78. The fourth-order valence-corrected chi connectivity index (χ4v) is 2.25. The van der Waals surface area contributed by atoms with Gasteiger partial charge in [-0.25, -0.2) is 0 Å². The van der Waals surface area contributed by atoms with E-state index in [-0.39, 0.29) is 11.9 Å². The third-order valence-corrected chi connectivity index (χ3v) is 3.28. The van der Waals surface area contributed by atoms with E-state index in [9.17, 15) is 4.79 Å². The SMILES string of the molecule is COc1ccc(C2CCC(=O)N2C)cc1OC. The summed E-state index contributed by atoms with van der Waals surface area (Å²) in [6.45, 7) is 0. The highest BCUT2D eigenvalue weighted by atomic mass is 16.5. The molecule has 1 aliphatic heterocycles. The van der Waals surface area contributed by atoms with Crippen molar-refractivity contribution in [1.82, 2.24) is 4.90 Å².